The summed E-state index contributed by atoms with van der Waals surface area (Å²) in [6.07, 6.45) is 1.55. The number of nitrogens with zero attached hydrogens (tertiary/aromatic N) is 2. The van der Waals surface area contributed by atoms with Gasteiger partial charge >= 0.3 is 5.95 Å². The standard InChI is InChI=1S/C20H25N3O2/c1-3-4-13-22-17-7-5-6-8-18(17)23(20(22)21)14-19(24)15-9-11-16(25-2)12-10-15/h5-12,19,21,24H,3-4,13-14H2,1-2H3/p+1. The molecule has 0 radical (unpaired) electrons. The van der Waals surface area contributed by atoms with Gasteiger partial charge in [-0.15, -0.1) is 0 Å². The van der Waals surface area contributed by atoms with Crippen molar-refractivity contribution in [2.24, 2.45) is 0 Å². The molecule has 0 aliphatic carbocycles. The lowest BCUT2D eigenvalue weighted by atomic mass is 10.1. The number of aliphatic hydroxyl groups is 1. The number of nitrogen functional groups attached to an aromatic ring is 1. The Kier molecular flexibility index (Phi) is 5.24. The molecule has 1 atom stereocenters. The number of unbranched alkanes of at least 4 members (excludes halogenated alkanes) is 1. The number of methoxy groups -OCH3 is 1. The molecule has 132 valence electrons. The van der Waals surface area contributed by atoms with Crippen LogP contribution in [0.3, 0.4) is 0 Å². The van der Waals surface area contributed by atoms with Gasteiger partial charge in [0.2, 0.25) is 0 Å². The largest absolute Gasteiger partial charge is 0.497 e. The summed E-state index contributed by atoms with van der Waals surface area (Å²) < 4.78 is 9.31. The normalized spacial score (nSPS) is 12.4. The highest BCUT2D eigenvalue weighted by Crippen LogP contribution is 2.21. The number of ether oxygens (including phenoxy) is 1. The molecule has 1 aromatic heterocycles. The van der Waals surface area contributed by atoms with Gasteiger partial charge < -0.3 is 9.84 Å². The van der Waals surface area contributed by atoms with Crippen molar-refractivity contribution in [2.45, 2.75) is 39.0 Å². The van der Waals surface area contributed by atoms with Crippen molar-refractivity contribution in [3.63, 3.8) is 0 Å². The highest BCUT2D eigenvalue weighted by molar-refractivity contribution is 5.73. The van der Waals surface area contributed by atoms with Crippen LogP contribution in [0.5, 0.6) is 5.75 Å². The van der Waals surface area contributed by atoms with Crippen molar-refractivity contribution in [2.75, 3.05) is 12.8 Å². The van der Waals surface area contributed by atoms with Gasteiger partial charge in [-0.05, 0) is 36.2 Å². The van der Waals surface area contributed by atoms with E-state index in [0.717, 1.165) is 41.7 Å². The minimum absolute atomic E-state index is 0.414. The average molecular weight is 340 g/mol. The predicted molar refractivity (Wildman–Crippen MR) is 99.4 cm³/mol. The smallest absolute Gasteiger partial charge is 0.356 e. The number of nitrogens with two attached hydrogens (primary N) is 1. The van der Waals surface area contributed by atoms with Gasteiger partial charge in [0.05, 0.1) is 13.7 Å². The molecule has 0 saturated carbocycles. The Balaban J connectivity index is 1.93. The van der Waals surface area contributed by atoms with E-state index in [9.17, 15) is 5.11 Å². The van der Waals surface area contributed by atoms with Gasteiger partial charge in [-0.3, -0.25) is 5.73 Å². The van der Waals surface area contributed by atoms with Crippen LogP contribution in [-0.4, -0.2) is 16.8 Å². The summed E-state index contributed by atoms with van der Waals surface area (Å²) >= 11 is 0. The fourth-order valence-electron chi connectivity index (χ4n) is 3.16. The number of rotatable bonds is 7. The van der Waals surface area contributed by atoms with Crippen LogP contribution in [0.1, 0.15) is 31.4 Å². The van der Waals surface area contributed by atoms with Crippen LogP contribution >= 0.6 is 0 Å². The van der Waals surface area contributed by atoms with Crippen molar-refractivity contribution in [1.82, 2.24) is 4.57 Å². The second kappa shape index (κ2) is 7.57. The van der Waals surface area contributed by atoms with Crippen molar-refractivity contribution >= 4 is 17.0 Å². The first kappa shape index (κ1) is 17.3. The molecule has 3 N–H and O–H groups in total. The third-order valence-electron chi connectivity index (χ3n) is 4.61. The lowest BCUT2D eigenvalue weighted by Crippen LogP contribution is -2.39. The van der Waals surface area contributed by atoms with Crippen LogP contribution in [0, 0.1) is 0 Å². The number of aromatic nitrogens is 2. The molecule has 0 saturated heterocycles. The Hall–Kier alpha value is -2.53. The van der Waals surface area contributed by atoms with Gasteiger partial charge in [-0.2, -0.15) is 0 Å². The summed E-state index contributed by atoms with van der Waals surface area (Å²) in [6, 6.07) is 15.6. The number of hydrogen-bond acceptors (Lipinski definition) is 3. The predicted octanol–water partition coefficient (Wildman–Crippen LogP) is 3.05. The Morgan fingerprint density at radius 2 is 1.88 bits per heavy atom. The minimum atomic E-state index is -0.636. The molecule has 0 aliphatic rings. The maximum atomic E-state index is 10.7. The number of para-hydroxylation sites is 2. The van der Waals surface area contributed by atoms with Crippen LogP contribution in [0.2, 0.25) is 0 Å². The molecule has 0 aliphatic heterocycles. The van der Waals surface area contributed by atoms with E-state index >= 15 is 0 Å². The SMILES string of the molecule is CCCCn1c(N)[n+](CC(O)c2ccc(OC)cc2)c2ccccc21. The first-order valence-corrected chi connectivity index (χ1v) is 8.74. The van der Waals surface area contributed by atoms with E-state index in [1.807, 2.05) is 41.0 Å². The Labute approximate surface area is 148 Å². The molecule has 3 aromatic rings. The molecule has 0 spiro atoms. The second-order valence-electron chi connectivity index (χ2n) is 6.25. The summed E-state index contributed by atoms with van der Waals surface area (Å²) in [5.74, 6) is 1.46. The van der Waals surface area contributed by atoms with E-state index in [2.05, 4.69) is 23.6 Å². The van der Waals surface area contributed by atoms with Crippen LogP contribution in [0.15, 0.2) is 48.5 Å². The molecular formula is C20H26N3O2+. The number of imidazole rings is 1. The Morgan fingerprint density at radius 3 is 2.56 bits per heavy atom. The second-order valence-corrected chi connectivity index (χ2v) is 6.25. The molecule has 2 aromatic carbocycles. The summed E-state index contributed by atoms with van der Waals surface area (Å²) in [5.41, 5.74) is 9.42. The molecule has 5 nitrogen and oxygen atoms in total. The maximum Gasteiger partial charge on any atom is 0.356 e. The van der Waals surface area contributed by atoms with Gasteiger partial charge in [0.1, 0.15) is 29.4 Å². The molecule has 0 amide bonds. The highest BCUT2D eigenvalue weighted by Gasteiger charge is 2.23. The zero-order chi connectivity index (χ0) is 17.8. The molecule has 0 fully saturated rings. The molecule has 1 heterocycles. The number of hydrogen-bond donors (Lipinski definition) is 2. The van der Waals surface area contributed by atoms with E-state index in [1.165, 1.54) is 0 Å². The molecule has 5 heteroatoms. The molecule has 3 rings (SSSR count). The van der Waals surface area contributed by atoms with Crippen molar-refractivity contribution in [1.29, 1.82) is 0 Å². The Morgan fingerprint density at radius 1 is 1.16 bits per heavy atom. The zero-order valence-electron chi connectivity index (χ0n) is 14.9. The van der Waals surface area contributed by atoms with E-state index in [4.69, 9.17) is 10.5 Å². The van der Waals surface area contributed by atoms with Crippen molar-refractivity contribution in [3.8, 4) is 5.75 Å². The number of fused-ring (bicyclic) bond motifs is 1. The zero-order valence-corrected chi connectivity index (χ0v) is 14.9. The maximum absolute atomic E-state index is 10.7. The van der Waals surface area contributed by atoms with Crippen LogP contribution in [0.25, 0.3) is 11.0 Å². The van der Waals surface area contributed by atoms with E-state index in [1.54, 1.807) is 7.11 Å². The molecular weight excluding hydrogens is 314 g/mol. The van der Waals surface area contributed by atoms with E-state index < -0.39 is 6.10 Å². The quantitative estimate of drug-likeness (QED) is 0.650. The van der Waals surface area contributed by atoms with Gasteiger partial charge in [0.25, 0.3) is 0 Å². The number of benzene rings is 2. The fourth-order valence-corrected chi connectivity index (χ4v) is 3.16. The van der Waals surface area contributed by atoms with Gasteiger partial charge in [-0.1, -0.05) is 37.6 Å². The van der Waals surface area contributed by atoms with E-state index in [-0.39, 0.29) is 0 Å². The van der Waals surface area contributed by atoms with Crippen LogP contribution in [-0.2, 0) is 13.1 Å². The monoisotopic (exact) mass is 340 g/mol. The van der Waals surface area contributed by atoms with Gasteiger partial charge in [0, 0.05) is 0 Å². The van der Waals surface area contributed by atoms with Gasteiger partial charge in [-0.25, -0.2) is 9.13 Å². The first-order valence-electron chi connectivity index (χ1n) is 8.74. The first-order chi connectivity index (χ1) is 12.2. The third-order valence-corrected chi connectivity index (χ3v) is 4.61. The lowest BCUT2D eigenvalue weighted by molar-refractivity contribution is -0.666. The average Bonchev–Trinajstić information content (AvgIpc) is 2.91. The molecule has 1 unspecified atom stereocenters. The van der Waals surface area contributed by atoms with Crippen molar-refractivity contribution < 1.29 is 14.4 Å². The molecule has 25 heavy (non-hydrogen) atoms. The summed E-state index contributed by atoms with van der Waals surface area (Å²) in [4.78, 5) is 0. The summed E-state index contributed by atoms with van der Waals surface area (Å²) in [5, 5.41) is 10.7. The van der Waals surface area contributed by atoms with E-state index in [0.29, 0.717) is 12.5 Å². The summed E-state index contributed by atoms with van der Waals surface area (Å²) in [7, 11) is 1.63. The van der Waals surface area contributed by atoms with Gasteiger partial charge in [0.15, 0.2) is 0 Å². The third kappa shape index (κ3) is 3.46. The highest BCUT2D eigenvalue weighted by atomic mass is 16.5. The topological polar surface area (TPSA) is 64.3 Å². The number of aryl methyl sites for hydroxylation is 1. The fraction of sp³-hybridized carbons (Fsp3) is 0.350. The lowest BCUT2D eigenvalue weighted by Gasteiger charge is -2.11. The minimum Gasteiger partial charge on any atom is -0.497 e. The van der Waals surface area contributed by atoms with Crippen molar-refractivity contribution in [3.05, 3.63) is 54.1 Å². The number of anilines is 1. The molecule has 0 bridgehead atoms. The van der Waals surface area contributed by atoms with Crippen LogP contribution < -0.4 is 15.0 Å². The Bertz CT molecular complexity index is 840. The number of aliphatic hydroxyl groups excluding tert-OH is 1. The van der Waals surface area contributed by atoms with Crippen LogP contribution in [0.4, 0.5) is 5.95 Å². The summed E-state index contributed by atoms with van der Waals surface area (Å²) in [6.45, 7) is 3.47.